The van der Waals surface area contributed by atoms with Gasteiger partial charge >= 0.3 is 12.2 Å². The van der Waals surface area contributed by atoms with E-state index < -0.39 is 35.0 Å². The molecular formula is C38H48FN7O6. The number of carbonyl (C=O) groups excluding carboxylic acids is 3. The molecule has 5 heterocycles. The molecule has 0 spiro atoms. The molecule has 7 rings (SSSR count). The van der Waals surface area contributed by atoms with Gasteiger partial charge in [-0.05, 0) is 69.4 Å². The number of carbonyl (C=O) groups is 3. The second-order valence-electron chi connectivity index (χ2n) is 15.7. The fraction of sp³-hybridized carbons (Fsp3) is 0.553. The molecule has 2 aromatic heterocycles. The van der Waals surface area contributed by atoms with Gasteiger partial charge in [0.25, 0.3) is 5.91 Å². The van der Waals surface area contributed by atoms with E-state index in [1.54, 1.807) is 20.5 Å². The van der Waals surface area contributed by atoms with Crippen molar-refractivity contribution < 1.29 is 33.0 Å². The molecule has 2 unspecified atom stereocenters. The van der Waals surface area contributed by atoms with Crippen molar-refractivity contribution in [3.8, 4) is 5.88 Å². The highest BCUT2D eigenvalue weighted by atomic mass is 19.1. The van der Waals surface area contributed by atoms with Gasteiger partial charge in [0.05, 0.1) is 30.7 Å². The quantitative estimate of drug-likeness (QED) is 0.269. The highest BCUT2D eigenvalue weighted by Crippen LogP contribution is 2.43. The molecule has 3 saturated heterocycles. The smallest absolute Gasteiger partial charge is 0.410 e. The van der Waals surface area contributed by atoms with E-state index in [0.717, 1.165) is 49.0 Å². The molecule has 4 fully saturated rings. The second-order valence-corrected chi connectivity index (χ2v) is 15.7. The highest BCUT2D eigenvalue weighted by Gasteiger charge is 2.48. The molecule has 52 heavy (non-hydrogen) atoms. The lowest BCUT2D eigenvalue weighted by Crippen LogP contribution is -2.58. The second kappa shape index (κ2) is 13.9. The summed E-state index contributed by atoms with van der Waals surface area (Å²) in [6.45, 7) is 13.2. The van der Waals surface area contributed by atoms with E-state index in [2.05, 4.69) is 25.7 Å². The number of amides is 3. The van der Waals surface area contributed by atoms with Crippen LogP contribution in [0.3, 0.4) is 0 Å². The lowest BCUT2D eigenvalue weighted by atomic mass is 9.89. The average molecular weight is 718 g/mol. The minimum absolute atomic E-state index is 0.0527. The molecule has 3 aliphatic heterocycles. The molecule has 3 atom stereocenters. The molecule has 3 aromatic rings. The summed E-state index contributed by atoms with van der Waals surface area (Å²) in [5.74, 6) is -0.203. The normalized spacial score (nSPS) is 24.1. The van der Waals surface area contributed by atoms with E-state index >= 15 is 0 Å². The van der Waals surface area contributed by atoms with Crippen molar-refractivity contribution in [1.29, 1.82) is 0 Å². The van der Waals surface area contributed by atoms with Gasteiger partial charge in [0.2, 0.25) is 5.88 Å². The fourth-order valence-electron chi connectivity index (χ4n) is 8.10. The van der Waals surface area contributed by atoms with Crippen molar-refractivity contribution in [2.45, 2.75) is 95.6 Å². The third kappa shape index (κ3) is 7.11. The van der Waals surface area contributed by atoms with Crippen LogP contribution in [0.5, 0.6) is 5.88 Å². The number of ether oxygens (including phenoxy) is 3. The van der Waals surface area contributed by atoms with Crippen LogP contribution in [0.15, 0.2) is 55.0 Å². The number of benzene rings is 1. The number of nitrogens with one attached hydrogen (secondary N) is 1. The average Bonchev–Trinajstić information content (AvgIpc) is 3.61. The molecule has 4 aliphatic rings. The van der Waals surface area contributed by atoms with Gasteiger partial charge in [0, 0.05) is 24.8 Å². The summed E-state index contributed by atoms with van der Waals surface area (Å²) < 4.78 is 33.1. The molecule has 1 N–H and O–H groups in total. The summed E-state index contributed by atoms with van der Waals surface area (Å²) in [6, 6.07) is 11.5. The van der Waals surface area contributed by atoms with Gasteiger partial charge in [-0.25, -0.2) is 19.0 Å². The Hall–Kier alpha value is -4.88. The van der Waals surface area contributed by atoms with E-state index in [9.17, 15) is 18.8 Å². The summed E-state index contributed by atoms with van der Waals surface area (Å²) in [5, 5.41) is 8.72. The molecule has 3 amide bonds. The Morgan fingerprint density at radius 3 is 2.50 bits per heavy atom. The summed E-state index contributed by atoms with van der Waals surface area (Å²) in [7, 11) is 0. The topological polar surface area (TPSA) is 131 Å². The first-order valence-corrected chi connectivity index (χ1v) is 18.2. The Kier molecular flexibility index (Phi) is 9.51. The highest BCUT2D eigenvalue weighted by molar-refractivity contribution is 5.91. The number of rotatable bonds is 9. The Labute approximate surface area is 303 Å². The summed E-state index contributed by atoms with van der Waals surface area (Å²) in [5.41, 5.74) is 1.70. The largest absolute Gasteiger partial charge is 0.471 e. The number of halogens is 1. The zero-order valence-corrected chi connectivity index (χ0v) is 30.3. The Bertz CT molecular complexity index is 1840. The maximum absolute atomic E-state index is 13.3. The first-order valence-electron chi connectivity index (χ1n) is 18.2. The van der Waals surface area contributed by atoms with Gasteiger partial charge in [-0.2, -0.15) is 4.52 Å². The van der Waals surface area contributed by atoms with Crippen molar-refractivity contribution in [3.63, 3.8) is 0 Å². The van der Waals surface area contributed by atoms with Crippen molar-refractivity contribution in [2.75, 3.05) is 38.0 Å². The maximum Gasteiger partial charge on any atom is 0.410 e. The third-order valence-electron chi connectivity index (χ3n) is 11.0. The Morgan fingerprint density at radius 2 is 1.77 bits per heavy atom. The monoisotopic (exact) mass is 717 g/mol. The molecule has 278 valence electrons. The van der Waals surface area contributed by atoms with Crippen LogP contribution in [0, 0.1) is 5.92 Å². The summed E-state index contributed by atoms with van der Waals surface area (Å²) in [4.78, 5) is 47.9. The van der Waals surface area contributed by atoms with Gasteiger partial charge in [-0.3, -0.25) is 9.69 Å². The van der Waals surface area contributed by atoms with Crippen LogP contribution in [0.4, 0.5) is 19.8 Å². The first-order chi connectivity index (χ1) is 24.8. The number of fused-ring (bicyclic) bond motifs is 3. The molecule has 14 heteroatoms. The Balaban J connectivity index is 1.05. The van der Waals surface area contributed by atoms with E-state index in [1.165, 1.54) is 4.90 Å². The number of hydrogen-bond donors (Lipinski definition) is 1. The number of aromatic nitrogens is 3. The third-order valence-corrected chi connectivity index (χ3v) is 11.0. The van der Waals surface area contributed by atoms with E-state index in [4.69, 9.17) is 24.3 Å². The van der Waals surface area contributed by atoms with Gasteiger partial charge in [0.15, 0.2) is 11.5 Å². The van der Waals surface area contributed by atoms with Crippen LogP contribution in [0.2, 0.25) is 0 Å². The van der Waals surface area contributed by atoms with E-state index in [0.29, 0.717) is 37.1 Å². The molecule has 13 nitrogen and oxygen atoms in total. The summed E-state index contributed by atoms with van der Waals surface area (Å²) >= 11 is 0. The predicted molar refractivity (Wildman–Crippen MR) is 191 cm³/mol. The molecule has 0 radical (unpaired) electrons. The van der Waals surface area contributed by atoms with Crippen LogP contribution in [0.1, 0.15) is 76.8 Å². The van der Waals surface area contributed by atoms with Crippen molar-refractivity contribution >= 4 is 29.6 Å². The van der Waals surface area contributed by atoms with Crippen molar-refractivity contribution in [3.05, 3.63) is 66.1 Å². The maximum atomic E-state index is 13.3. The van der Waals surface area contributed by atoms with Crippen LogP contribution < -0.4 is 10.1 Å². The van der Waals surface area contributed by atoms with E-state index in [1.807, 2.05) is 50.2 Å². The van der Waals surface area contributed by atoms with Gasteiger partial charge in [0.1, 0.15) is 24.6 Å². The van der Waals surface area contributed by atoms with Crippen LogP contribution in [-0.2, 0) is 20.9 Å². The zero-order chi connectivity index (χ0) is 36.8. The Morgan fingerprint density at radius 1 is 1.00 bits per heavy atom. The number of piperidine rings is 2. The van der Waals surface area contributed by atoms with Crippen molar-refractivity contribution in [2.24, 2.45) is 5.92 Å². The standard InChI is InChI=1S/C38H48FN7O6/c1-24(2)31-32-40-16-13-30(41-38-15-11-27(17-38)18-44(23-38)35(48)52-29-19-43(20-29)34(47)25(3)39)46(32)42-33(31)51-28-12-14-37(4,5)45(21-28)36(49)50-22-26-9-7-6-8-10-26/h6-10,13,16,24,27-29,41H,3,11-12,14-15,17-23H2,1-2,4-5H3/t27?,28-,38?/m1/s1. The minimum Gasteiger partial charge on any atom is -0.471 e. The van der Waals surface area contributed by atoms with E-state index in [-0.39, 0.29) is 37.8 Å². The van der Waals surface area contributed by atoms with Crippen LogP contribution in [-0.4, -0.2) is 103 Å². The lowest BCUT2D eigenvalue weighted by Gasteiger charge is -2.44. The summed E-state index contributed by atoms with van der Waals surface area (Å²) in [6.07, 6.45) is 4.39. The lowest BCUT2D eigenvalue weighted by molar-refractivity contribution is -0.139. The molecule has 1 aliphatic carbocycles. The predicted octanol–water partition coefficient (Wildman–Crippen LogP) is 5.91. The zero-order valence-electron chi connectivity index (χ0n) is 30.3. The van der Waals surface area contributed by atoms with Gasteiger partial charge in [-0.1, -0.05) is 50.8 Å². The number of hydrogen-bond acceptors (Lipinski definition) is 9. The van der Waals surface area contributed by atoms with Crippen LogP contribution >= 0.6 is 0 Å². The molecular weight excluding hydrogens is 669 g/mol. The van der Waals surface area contributed by atoms with Crippen LogP contribution in [0.25, 0.3) is 5.65 Å². The molecule has 1 saturated carbocycles. The molecule has 2 bridgehead atoms. The van der Waals surface area contributed by atoms with Gasteiger partial charge in [-0.15, -0.1) is 5.10 Å². The molecule has 1 aromatic carbocycles. The fourth-order valence-corrected chi connectivity index (χ4v) is 8.10. The minimum atomic E-state index is -1.02. The first kappa shape index (κ1) is 35.5. The number of likely N-dealkylation sites (tertiary alicyclic amines) is 3. The number of anilines is 1. The van der Waals surface area contributed by atoms with Crippen molar-refractivity contribution in [1.82, 2.24) is 29.3 Å². The SMILES string of the molecule is C=C(F)C(=O)N1CC(OC(=O)N2CC3CCC(Nc4ccnc5c(C(C)C)c(O[C@@H]6CCC(C)(C)N(C(=O)OCc7ccccc7)C6)nn45)(C3)C2)C1. The number of nitrogens with zero attached hydrogens (tertiary/aromatic N) is 6. The van der Waals surface area contributed by atoms with Gasteiger partial charge < -0.3 is 29.3 Å².